The molecule has 3 aliphatic heterocycles. The van der Waals surface area contributed by atoms with Crippen LogP contribution in [0.2, 0.25) is 0 Å². The molecule has 3 aliphatic rings. The molecule has 0 unspecified atom stereocenters. The number of likely N-dealkylation sites (tertiary alicyclic amines) is 1. The maximum Gasteiger partial charge on any atom is 0.223 e. The predicted octanol–water partition coefficient (Wildman–Crippen LogP) is 4.20. The molecule has 2 bridgehead atoms. The maximum absolute atomic E-state index is 13.0. The molecule has 1 aromatic carbocycles. The second-order valence-corrected chi connectivity index (χ2v) is 10.5. The van der Waals surface area contributed by atoms with Gasteiger partial charge in [-0.05, 0) is 56.9 Å². The Morgan fingerprint density at radius 3 is 2.69 bits per heavy atom. The molecular formula is C24H31N3OS. The van der Waals surface area contributed by atoms with E-state index in [-0.39, 0.29) is 0 Å². The summed E-state index contributed by atoms with van der Waals surface area (Å²) in [7, 11) is 0. The molecule has 4 heterocycles. The zero-order chi connectivity index (χ0) is 20.0. The summed E-state index contributed by atoms with van der Waals surface area (Å²) in [5, 5.41) is 1.25. The molecule has 5 rings (SSSR count). The molecule has 5 heteroatoms. The topological polar surface area (TPSA) is 36.4 Å². The average Bonchev–Trinajstić information content (AvgIpc) is 3.03. The summed E-state index contributed by atoms with van der Waals surface area (Å²) in [6.45, 7) is 7.44. The Bertz CT molecular complexity index is 860. The molecule has 0 spiro atoms. The van der Waals surface area contributed by atoms with Crippen LogP contribution in [0.3, 0.4) is 0 Å². The molecule has 1 amide bonds. The summed E-state index contributed by atoms with van der Waals surface area (Å²) in [4.78, 5) is 24.1. The maximum atomic E-state index is 13.0. The Kier molecular flexibility index (Phi) is 5.21. The van der Waals surface area contributed by atoms with Gasteiger partial charge in [-0.2, -0.15) is 0 Å². The van der Waals surface area contributed by atoms with Gasteiger partial charge in [-0.1, -0.05) is 30.3 Å². The molecule has 4 nitrogen and oxygen atoms in total. The normalized spacial score (nSPS) is 29.7. The molecule has 154 valence electrons. The van der Waals surface area contributed by atoms with E-state index in [1.165, 1.54) is 34.0 Å². The highest BCUT2D eigenvalue weighted by molar-refractivity contribution is 7.11. The SMILES string of the molecule is Cc1nc(CN2C[C@H]3C[C@@H](C2)[C@H](Cc2ccccc2)N2C(=O)CCC[C@@H]32)sc1C. The van der Waals surface area contributed by atoms with Crippen molar-refractivity contribution < 1.29 is 4.79 Å². The average molecular weight is 410 g/mol. The first kappa shape index (κ1) is 19.3. The second kappa shape index (κ2) is 7.84. The largest absolute Gasteiger partial charge is 0.336 e. The molecule has 2 aromatic rings. The lowest BCUT2D eigenvalue weighted by Gasteiger charge is -2.56. The summed E-state index contributed by atoms with van der Waals surface area (Å²) in [5.41, 5.74) is 2.53. The van der Waals surface area contributed by atoms with Crippen LogP contribution in [0.15, 0.2) is 30.3 Å². The van der Waals surface area contributed by atoms with Crippen LogP contribution in [0.5, 0.6) is 0 Å². The van der Waals surface area contributed by atoms with Crippen LogP contribution in [-0.2, 0) is 17.8 Å². The molecule has 0 radical (unpaired) electrons. The lowest BCUT2D eigenvalue weighted by Crippen LogP contribution is -2.65. The molecule has 0 N–H and O–H groups in total. The van der Waals surface area contributed by atoms with Gasteiger partial charge in [-0.15, -0.1) is 11.3 Å². The minimum absolute atomic E-state index is 0.342. The monoisotopic (exact) mass is 409 g/mol. The van der Waals surface area contributed by atoms with Gasteiger partial charge in [0.15, 0.2) is 0 Å². The van der Waals surface area contributed by atoms with E-state index < -0.39 is 0 Å². The quantitative estimate of drug-likeness (QED) is 0.759. The first-order valence-corrected chi connectivity index (χ1v) is 11.9. The Balaban J connectivity index is 1.40. The first-order chi connectivity index (χ1) is 14.1. The third-order valence-corrected chi connectivity index (χ3v) is 8.35. The third-order valence-electron chi connectivity index (χ3n) is 7.29. The number of carbonyl (C=O) groups excluding carboxylic acids is 1. The Hall–Kier alpha value is -1.72. The molecule has 4 atom stereocenters. The van der Waals surface area contributed by atoms with Gasteiger partial charge in [0, 0.05) is 36.5 Å². The molecule has 0 saturated carbocycles. The molecule has 3 fully saturated rings. The highest BCUT2D eigenvalue weighted by Crippen LogP contribution is 2.43. The number of aromatic nitrogens is 1. The standard InChI is InChI=1S/C24H31N3OS/c1-16-17(2)29-23(25-16)15-26-13-19-12-20(14-26)22(11-18-7-4-3-5-8-18)27-21(19)9-6-10-24(27)28/h3-5,7-8,19-22H,6,9-15H2,1-2H3/t19-,20+,21+,22+/m1/s1. The minimum Gasteiger partial charge on any atom is -0.336 e. The fourth-order valence-electron chi connectivity index (χ4n) is 5.92. The number of thiazole rings is 1. The van der Waals surface area contributed by atoms with E-state index in [0.29, 0.717) is 29.8 Å². The smallest absolute Gasteiger partial charge is 0.223 e. The van der Waals surface area contributed by atoms with Crippen molar-refractivity contribution in [3.63, 3.8) is 0 Å². The van der Waals surface area contributed by atoms with Gasteiger partial charge in [-0.25, -0.2) is 4.98 Å². The van der Waals surface area contributed by atoms with E-state index in [1.807, 2.05) is 11.3 Å². The Labute approximate surface area is 177 Å². The van der Waals surface area contributed by atoms with Crippen LogP contribution in [0.4, 0.5) is 0 Å². The molecule has 1 aromatic heterocycles. The van der Waals surface area contributed by atoms with Gasteiger partial charge in [0.05, 0.1) is 12.2 Å². The van der Waals surface area contributed by atoms with Crippen LogP contribution in [0, 0.1) is 25.7 Å². The first-order valence-electron chi connectivity index (χ1n) is 11.1. The van der Waals surface area contributed by atoms with Gasteiger partial charge < -0.3 is 4.90 Å². The highest BCUT2D eigenvalue weighted by Gasteiger charge is 2.49. The van der Waals surface area contributed by atoms with Crippen molar-refractivity contribution in [3.8, 4) is 0 Å². The van der Waals surface area contributed by atoms with Crippen LogP contribution in [0.25, 0.3) is 0 Å². The number of nitrogens with zero attached hydrogens (tertiary/aromatic N) is 3. The Morgan fingerprint density at radius 1 is 1.14 bits per heavy atom. The molecule has 29 heavy (non-hydrogen) atoms. The van der Waals surface area contributed by atoms with Crippen molar-refractivity contribution >= 4 is 17.2 Å². The lowest BCUT2D eigenvalue weighted by molar-refractivity contribution is -0.152. The van der Waals surface area contributed by atoms with Gasteiger partial charge >= 0.3 is 0 Å². The molecule has 3 saturated heterocycles. The second-order valence-electron chi connectivity index (χ2n) is 9.22. The van der Waals surface area contributed by atoms with Gasteiger partial charge in [-0.3, -0.25) is 9.69 Å². The van der Waals surface area contributed by atoms with Gasteiger partial charge in [0.25, 0.3) is 0 Å². The van der Waals surface area contributed by atoms with Crippen molar-refractivity contribution in [2.75, 3.05) is 13.1 Å². The van der Waals surface area contributed by atoms with E-state index in [1.54, 1.807) is 0 Å². The van der Waals surface area contributed by atoms with Crippen molar-refractivity contribution in [1.82, 2.24) is 14.8 Å². The summed E-state index contributed by atoms with van der Waals surface area (Å²) >= 11 is 1.85. The number of amides is 1. The van der Waals surface area contributed by atoms with Crippen LogP contribution < -0.4 is 0 Å². The van der Waals surface area contributed by atoms with Gasteiger partial charge in [0.2, 0.25) is 5.91 Å². The molecular weight excluding hydrogens is 378 g/mol. The van der Waals surface area contributed by atoms with E-state index in [0.717, 1.165) is 38.9 Å². The lowest BCUT2D eigenvalue weighted by atomic mass is 9.71. The van der Waals surface area contributed by atoms with Crippen molar-refractivity contribution in [1.29, 1.82) is 0 Å². The van der Waals surface area contributed by atoms with Crippen LogP contribution >= 0.6 is 11.3 Å². The summed E-state index contributed by atoms with van der Waals surface area (Å²) < 4.78 is 0. The fourth-order valence-corrected chi connectivity index (χ4v) is 6.89. The number of fused-ring (bicyclic) bond motifs is 4. The zero-order valence-corrected chi connectivity index (χ0v) is 18.3. The number of benzene rings is 1. The number of hydrogen-bond acceptors (Lipinski definition) is 4. The fraction of sp³-hybridized carbons (Fsp3) is 0.583. The van der Waals surface area contributed by atoms with E-state index in [9.17, 15) is 4.79 Å². The van der Waals surface area contributed by atoms with Gasteiger partial charge in [0.1, 0.15) is 5.01 Å². The Morgan fingerprint density at radius 2 is 1.93 bits per heavy atom. The van der Waals surface area contributed by atoms with E-state index in [4.69, 9.17) is 4.98 Å². The number of rotatable bonds is 4. The summed E-state index contributed by atoms with van der Waals surface area (Å²) in [6.07, 6.45) is 5.24. The highest BCUT2D eigenvalue weighted by atomic mass is 32.1. The molecule has 0 aliphatic carbocycles. The van der Waals surface area contributed by atoms with E-state index >= 15 is 0 Å². The number of aryl methyl sites for hydroxylation is 2. The number of piperidine rings is 3. The summed E-state index contributed by atoms with van der Waals surface area (Å²) in [6, 6.07) is 11.5. The third kappa shape index (κ3) is 3.75. The van der Waals surface area contributed by atoms with Crippen LogP contribution in [-0.4, -0.2) is 45.9 Å². The minimum atomic E-state index is 0.342. The number of carbonyl (C=O) groups is 1. The summed E-state index contributed by atoms with van der Waals surface area (Å²) in [5.74, 6) is 1.58. The van der Waals surface area contributed by atoms with E-state index in [2.05, 4.69) is 54.0 Å². The number of hydrogen-bond donors (Lipinski definition) is 0. The van der Waals surface area contributed by atoms with Crippen molar-refractivity contribution in [2.24, 2.45) is 11.8 Å². The van der Waals surface area contributed by atoms with Crippen molar-refractivity contribution in [2.45, 2.75) is 64.6 Å². The predicted molar refractivity (Wildman–Crippen MR) is 117 cm³/mol. The van der Waals surface area contributed by atoms with Crippen LogP contribution in [0.1, 0.15) is 46.8 Å². The zero-order valence-electron chi connectivity index (χ0n) is 17.5. The van der Waals surface area contributed by atoms with Crippen molar-refractivity contribution in [3.05, 3.63) is 51.5 Å².